The first-order valence-electron chi connectivity index (χ1n) is 11.1. The Hall–Kier alpha value is -3.03. The number of carbonyl (C=O) groups excluding carboxylic acids is 1. The van der Waals surface area contributed by atoms with Gasteiger partial charge in [-0.3, -0.25) is 0 Å². The van der Waals surface area contributed by atoms with E-state index in [0.29, 0.717) is 18.5 Å². The average Bonchev–Trinajstić information content (AvgIpc) is 3.27. The van der Waals surface area contributed by atoms with Gasteiger partial charge in [0.2, 0.25) is 0 Å². The number of imidazole rings is 1. The van der Waals surface area contributed by atoms with Crippen LogP contribution >= 0.6 is 0 Å². The molecule has 1 aromatic carbocycles. The number of benzene rings is 1. The van der Waals surface area contributed by atoms with Crippen LogP contribution in [0.25, 0.3) is 0 Å². The van der Waals surface area contributed by atoms with E-state index in [2.05, 4.69) is 44.2 Å². The van der Waals surface area contributed by atoms with Gasteiger partial charge in [0.15, 0.2) is 5.96 Å². The first-order valence-corrected chi connectivity index (χ1v) is 11.1. The number of aromatic nitrogens is 2. The van der Waals surface area contributed by atoms with Gasteiger partial charge in [-0.25, -0.2) is 14.8 Å². The molecule has 1 fully saturated rings. The van der Waals surface area contributed by atoms with Crippen molar-refractivity contribution in [1.82, 2.24) is 25.1 Å². The number of carbonyl (C=O) groups is 1. The highest BCUT2D eigenvalue weighted by atomic mass is 16.2. The van der Waals surface area contributed by atoms with E-state index in [0.717, 1.165) is 43.3 Å². The molecule has 1 aliphatic rings. The Morgan fingerprint density at radius 1 is 1.29 bits per heavy atom. The lowest BCUT2D eigenvalue weighted by Crippen LogP contribution is -2.49. The van der Waals surface area contributed by atoms with Crippen LogP contribution < -0.4 is 16.0 Å². The third-order valence-corrected chi connectivity index (χ3v) is 5.50. The lowest BCUT2D eigenvalue weighted by molar-refractivity contribution is 0.189. The fourth-order valence-electron chi connectivity index (χ4n) is 3.81. The zero-order valence-corrected chi connectivity index (χ0v) is 19.0. The van der Waals surface area contributed by atoms with Crippen molar-refractivity contribution in [1.29, 1.82) is 0 Å². The second kappa shape index (κ2) is 10.8. The number of aliphatic imine (C=N–C) groups is 1. The summed E-state index contributed by atoms with van der Waals surface area (Å²) in [5.74, 6) is 1.54. The molecule has 8 heteroatoms. The maximum atomic E-state index is 11.8. The van der Waals surface area contributed by atoms with Crippen LogP contribution in [0, 0.1) is 5.92 Å². The minimum atomic E-state index is -0.193. The molecule has 31 heavy (non-hydrogen) atoms. The first kappa shape index (κ1) is 22.7. The van der Waals surface area contributed by atoms with Crippen LogP contribution in [0.2, 0.25) is 0 Å². The number of nitrogens with one attached hydrogen (secondary N) is 3. The van der Waals surface area contributed by atoms with E-state index >= 15 is 0 Å². The number of amides is 2. The van der Waals surface area contributed by atoms with Crippen molar-refractivity contribution >= 4 is 17.7 Å². The minimum absolute atomic E-state index is 0.101. The number of anilines is 1. The molecule has 0 spiro atoms. The molecule has 2 amide bonds. The highest BCUT2D eigenvalue weighted by Gasteiger charge is 2.28. The molecular formula is C23H35N7O. The zero-order valence-electron chi connectivity index (χ0n) is 19.0. The third kappa shape index (κ3) is 6.47. The number of hydrogen-bond donors (Lipinski definition) is 3. The lowest BCUT2D eigenvalue weighted by atomic mass is 9.93. The van der Waals surface area contributed by atoms with Gasteiger partial charge in [-0.05, 0) is 50.8 Å². The van der Waals surface area contributed by atoms with Crippen LogP contribution in [-0.2, 0) is 6.54 Å². The molecule has 0 saturated carbocycles. The number of piperidine rings is 1. The van der Waals surface area contributed by atoms with Gasteiger partial charge in [-0.15, -0.1) is 0 Å². The average molecular weight is 426 g/mol. The van der Waals surface area contributed by atoms with Crippen molar-refractivity contribution in [3.8, 4) is 0 Å². The maximum absolute atomic E-state index is 11.8. The molecule has 3 rings (SSSR count). The van der Waals surface area contributed by atoms with Gasteiger partial charge in [-0.2, -0.15) is 0 Å². The molecular weight excluding hydrogens is 390 g/mol. The van der Waals surface area contributed by atoms with Crippen molar-refractivity contribution in [3.63, 3.8) is 0 Å². The van der Waals surface area contributed by atoms with Crippen LogP contribution in [0.3, 0.4) is 0 Å². The number of guanidine groups is 1. The van der Waals surface area contributed by atoms with Gasteiger partial charge in [0.05, 0.1) is 18.9 Å². The summed E-state index contributed by atoms with van der Waals surface area (Å²) >= 11 is 0. The molecule has 1 saturated heterocycles. The minimum Gasteiger partial charge on any atom is -0.357 e. The smallest absolute Gasteiger partial charge is 0.319 e. The highest BCUT2D eigenvalue weighted by Crippen LogP contribution is 2.27. The number of rotatable bonds is 6. The first-order chi connectivity index (χ1) is 15.0. The van der Waals surface area contributed by atoms with Crippen molar-refractivity contribution in [2.45, 2.75) is 52.7 Å². The maximum Gasteiger partial charge on any atom is 0.319 e. The summed E-state index contributed by atoms with van der Waals surface area (Å²) in [6.07, 6.45) is 6.92. The molecule has 1 aliphatic heterocycles. The van der Waals surface area contributed by atoms with Gasteiger partial charge >= 0.3 is 6.03 Å². The summed E-state index contributed by atoms with van der Waals surface area (Å²) in [5.41, 5.74) is 1.87. The quantitative estimate of drug-likeness (QED) is 0.489. The fraction of sp³-hybridized carbons (Fsp3) is 0.522. The zero-order chi connectivity index (χ0) is 22.2. The Morgan fingerprint density at radius 2 is 2.06 bits per heavy atom. The standard InChI is InChI=1S/C23H35N7O/c1-5-25-22(29-12-10-18(4)21(15-29)30-13-11-24-16-30)26-14-19-6-8-20(9-7-19)28-23(31)27-17(2)3/h6-9,11,13,16-18,21H,5,10,12,14-15H2,1-4H3,(H,25,26)(H2,27,28,31). The molecule has 168 valence electrons. The summed E-state index contributed by atoms with van der Waals surface area (Å²) in [7, 11) is 0. The van der Waals surface area contributed by atoms with Crippen LogP contribution in [0.5, 0.6) is 0 Å². The van der Waals surface area contributed by atoms with Crippen LogP contribution in [0.15, 0.2) is 48.0 Å². The van der Waals surface area contributed by atoms with Crippen molar-refractivity contribution in [3.05, 3.63) is 48.5 Å². The number of likely N-dealkylation sites (tertiary alicyclic amines) is 1. The van der Waals surface area contributed by atoms with E-state index in [4.69, 9.17) is 4.99 Å². The normalized spacial score (nSPS) is 19.4. The monoisotopic (exact) mass is 425 g/mol. The summed E-state index contributed by atoms with van der Waals surface area (Å²) in [6, 6.07) is 8.13. The molecule has 1 aromatic heterocycles. The number of hydrogen-bond acceptors (Lipinski definition) is 3. The van der Waals surface area contributed by atoms with Crippen LogP contribution in [0.1, 0.15) is 45.7 Å². The molecule has 2 heterocycles. The number of nitrogens with zero attached hydrogens (tertiary/aromatic N) is 4. The van der Waals surface area contributed by atoms with Gasteiger partial charge in [0, 0.05) is 43.8 Å². The van der Waals surface area contributed by atoms with Crippen molar-refractivity contribution in [2.24, 2.45) is 10.9 Å². The van der Waals surface area contributed by atoms with Gasteiger partial charge in [0.1, 0.15) is 0 Å². The van der Waals surface area contributed by atoms with Crippen molar-refractivity contribution in [2.75, 3.05) is 25.0 Å². The molecule has 8 nitrogen and oxygen atoms in total. The predicted octanol–water partition coefficient (Wildman–Crippen LogP) is 3.46. The molecule has 0 bridgehead atoms. The van der Waals surface area contributed by atoms with Gasteiger partial charge in [-0.1, -0.05) is 19.1 Å². The van der Waals surface area contributed by atoms with Crippen molar-refractivity contribution < 1.29 is 4.79 Å². The predicted molar refractivity (Wildman–Crippen MR) is 125 cm³/mol. The van der Waals surface area contributed by atoms with Gasteiger partial charge in [0.25, 0.3) is 0 Å². The summed E-state index contributed by atoms with van der Waals surface area (Å²) in [5, 5.41) is 9.11. The topological polar surface area (TPSA) is 86.6 Å². The van der Waals surface area contributed by atoms with Crippen LogP contribution in [-0.4, -0.2) is 52.1 Å². The van der Waals surface area contributed by atoms with E-state index in [1.807, 2.05) is 56.8 Å². The van der Waals surface area contributed by atoms with E-state index in [-0.39, 0.29) is 12.1 Å². The summed E-state index contributed by atoms with van der Waals surface area (Å²) in [6.45, 7) is 11.6. The van der Waals surface area contributed by atoms with Crippen LogP contribution in [0.4, 0.5) is 10.5 Å². The third-order valence-electron chi connectivity index (χ3n) is 5.50. The second-order valence-corrected chi connectivity index (χ2v) is 8.41. The van der Waals surface area contributed by atoms with Gasteiger partial charge < -0.3 is 25.4 Å². The SMILES string of the molecule is CCNC(=NCc1ccc(NC(=O)NC(C)C)cc1)N1CCC(C)C(n2ccnc2)C1. The second-order valence-electron chi connectivity index (χ2n) is 8.41. The Morgan fingerprint density at radius 3 is 2.71 bits per heavy atom. The largest absolute Gasteiger partial charge is 0.357 e. The molecule has 0 radical (unpaired) electrons. The summed E-state index contributed by atoms with van der Waals surface area (Å²) < 4.78 is 2.21. The molecule has 2 unspecified atom stereocenters. The Bertz CT molecular complexity index is 845. The Kier molecular flexibility index (Phi) is 7.92. The van der Waals surface area contributed by atoms with E-state index in [1.54, 1.807) is 0 Å². The lowest BCUT2D eigenvalue weighted by Gasteiger charge is -2.39. The highest BCUT2D eigenvalue weighted by molar-refractivity contribution is 5.89. The Labute approximate surface area is 185 Å². The molecule has 2 aromatic rings. The molecule has 3 N–H and O–H groups in total. The molecule has 0 aliphatic carbocycles. The molecule has 2 atom stereocenters. The summed E-state index contributed by atoms with van der Waals surface area (Å²) in [4.78, 5) is 23.3. The van der Waals surface area contributed by atoms with E-state index in [9.17, 15) is 4.79 Å². The fourth-order valence-corrected chi connectivity index (χ4v) is 3.81. The van der Waals surface area contributed by atoms with E-state index < -0.39 is 0 Å². The Balaban J connectivity index is 1.63. The van der Waals surface area contributed by atoms with E-state index in [1.165, 1.54) is 0 Å². The number of urea groups is 1.